The zero-order valence-electron chi connectivity index (χ0n) is 13.1. The van der Waals surface area contributed by atoms with E-state index in [0.717, 1.165) is 19.3 Å². The molecule has 2 N–H and O–H groups in total. The first-order chi connectivity index (χ1) is 9.97. The number of carboxylic acids is 1. The number of nitrogens with zero attached hydrogens (tertiary/aromatic N) is 2. The molecule has 122 valence electrons. The minimum absolute atomic E-state index is 0.0199. The van der Waals surface area contributed by atoms with Crippen molar-refractivity contribution < 1.29 is 19.8 Å². The largest absolute Gasteiger partial charge is 0.481 e. The number of carbonyl (C=O) groups is 2. The second-order valence-corrected chi connectivity index (χ2v) is 5.92. The van der Waals surface area contributed by atoms with Gasteiger partial charge in [-0.25, -0.2) is 4.79 Å². The average Bonchev–Trinajstić information content (AvgIpc) is 2.35. The van der Waals surface area contributed by atoms with Gasteiger partial charge >= 0.3 is 12.0 Å². The summed E-state index contributed by atoms with van der Waals surface area (Å²) in [5, 5.41) is 17.7. The summed E-state index contributed by atoms with van der Waals surface area (Å²) in [6.07, 6.45) is 4.34. The highest BCUT2D eigenvalue weighted by Crippen LogP contribution is 2.26. The van der Waals surface area contributed by atoms with E-state index in [2.05, 4.69) is 0 Å². The van der Waals surface area contributed by atoms with Gasteiger partial charge < -0.3 is 20.0 Å². The maximum absolute atomic E-state index is 12.7. The molecule has 1 rings (SSSR count). The van der Waals surface area contributed by atoms with Crippen LogP contribution in [0.5, 0.6) is 0 Å². The number of urea groups is 1. The van der Waals surface area contributed by atoms with Crippen LogP contribution in [-0.4, -0.2) is 63.8 Å². The van der Waals surface area contributed by atoms with E-state index in [0.29, 0.717) is 25.9 Å². The van der Waals surface area contributed by atoms with Crippen molar-refractivity contribution in [3.05, 3.63) is 0 Å². The highest BCUT2D eigenvalue weighted by atomic mass is 16.4. The lowest BCUT2D eigenvalue weighted by molar-refractivity contribution is -0.137. The number of aliphatic hydroxyl groups is 1. The van der Waals surface area contributed by atoms with Gasteiger partial charge in [0.2, 0.25) is 0 Å². The molecule has 0 aromatic rings. The van der Waals surface area contributed by atoms with Crippen molar-refractivity contribution in [2.75, 3.05) is 19.7 Å². The minimum atomic E-state index is -0.831. The van der Waals surface area contributed by atoms with Gasteiger partial charge in [-0.3, -0.25) is 4.79 Å². The summed E-state index contributed by atoms with van der Waals surface area (Å²) in [6.45, 7) is 5.01. The van der Waals surface area contributed by atoms with Gasteiger partial charge in [0, 0.05) is 38.2 Å². The molecular formula is C15H28N2O4. The number of aliphatic hydroxyl groups excluding tert-OH is 1. The zero-order valence-corrected chi connectivity index (χ0v) is 13.1. The van der Waals surface area contributed by atoms with Crippen molar-refractivity contribution in [2.45, 2.75) is 64.5 Å². The highest BCUT2D eigenvalue weighted by molar-refractivity contribution is 5.75. The summed E-state index contributed by atoms with van der Waals surface area (Å²) in [7, 11) is 0. The van der Waals surface area contributed by atoms with Crippen molar-refractivity contribution >= 4 is 12.0 Å². The Morgan fingerprint density at radius 1 is 1.19 bits per heavy atom. The van der Waals surface area contributed by atoms with Crippen LogP contribution in [0.3, 0.4) is 0 Å². The molecule has 1 aliphatic carbocycles. The van der Waals surface area contributed by atoms with Gasteiger partial charge in [-0.15, -0.1) is 0 Å². The fraction of sp³-hybridized carbons (Fsp3) is 0.867. The molecule has 0 aromatic heterocycles. The van der Waals surface area contributed by atoms with E-state index in [9.17, 15) is 9.59 Å². The van der Waals surface area contributed by atoms with E-state index in [-0.39, 0.29) is 31.1 Å². The third-order valence-electron chi connectivity index (χ3n) is 3.98. The molecule has 0 unspecified atom stereocenters. The van der Waals surface area contributed by atoms with Crippen molar-refractivity contribution in [3.8, 4) is 0 Å². The highest BCUT2D eigenvalue weighted by Gasteiger charge is 2.31. The van der Waals surface area contributed by atoms with Crippen LogP contribution >= 0.6 is 0 Å². The molecule has 0 aliphatic heterocycles. The molecule has 0 heterocycles. The van der Waals surface area contributed by atoms with Crippen LogP contribution in [-0.2, 0) is 4.79 Å². The van der Waals surface area contributed by atoms with Gasteiger partial charge in [-0.05, 0) is 46.0 Å². The topological polar surface area (TPSA) is 81.1 Å². The molecule has 0 saturated heterocycles. The van der Waals surface area contributed by atoms with Gasteiger partial charge in [0.05, 0.1) is 0 Å². The predicted molar refractivity (Wildman–Crippen MR) is 80.2 cm³/mol. The standard InChI is InChI=1S/C15H28N2O4/c1-12(2)16(9-4-8-14(19)20)15(21)17(10-5-11-18)13-6-3-7-13/h12-13,18H,3-11H2,1-2H3,(H,19,20). The number of carbonyl (C=O) groups excluding carboxylic acids is 1. The van der Waals surface area contributed by atoms with Crippen LogP contribution < -0.4 is 0 Å². The van der Waals surface area contributed by atoms with Crippen LogP contribution in [0.15, 0.2) is 0 Å². The summed E-state index contributed by atoms with van der Waals surface area (Å²) in [5.74, 6) is -0.831. The molecule has 1 aliphatic rings. The molecule has 0 aromatic carbocycles. The van der Waals surface area contributed by atoms with Gasteiger partial charge in [0.1, 0.15) is 0 Å². The van der Waals surface area contributed by atoms with Crippen molar-refractivity contribution in [1.82, 2.24) is 9.80 Å². The van der Waals surface area contributed by atoms with Gasteiger partial charge in [-0.2, -0.15) is 0 Å². The maximum atomic E-state index is 12.7. The third-order valence-corrected chi connectivity index (χ3v) is 3.98. The summed E-state index contributed by atoms with van der Waals surface area (Å²) < 4.78 is 0. The van der Waals surface area contributed by atoms with E-state index < -0.39 is 5.97 Å². The van der Waals surface area contributed by atoms with Gasteiger partial charge in [0.25, 0.3) is 0 Å². The Balaban J connectivity index is 2.63. The van der Waals surface area contributed by atoms with Gasteiger partial charge in [0.15, 0.2) is 0 Å². The van der Waals surface area contributed by atoms with Crippen LogP contribution in [0.4, 0.5) is 4.79 Å². The lowest BCUT2D eigenvalue weighted by Gasteiger charge is -2.41. The van der Waals surface area contributed by atoms with E-state index in [1.54, 1.807) is 4.90 Å². The molecule has 0 bridgehead atoms. The fourth-order valence-electron chi connectivity index (χ4n) is 2.51. The molecule has 21 heavy (non-hydrogen) atoms. The van der Waals surface area contributed by atoms with Crippen LogP contribution in [0.1, 0.15) is 52.4 Å². The summed E-state index contributed by atoms with van der Waals surface area (Å²) in [6, 6.07) is 0.307. The molecule has 1 fully saturated rings. The Labute approximate surface area is 126 Å². The number of carboxylic acid groups (broad SMARTS) is 1. The molecular weight excluding hydrogens is 272 g/mol. The number of hydrogen-bond donors (Lipinski definition) is 2. The minimum Gasteiger partial charge on any atom is -0.481 e. The molecule has 6 nitrogen and oxygen atoms in total. The van der Waals surface area contributed by atoms with Gasteiger partial charge in [-0.1, -0.05) is 0 Å². The first kappa shape index (κ1) is 17.8. The van der Waals surface area contributed by atoms with Crippen LogP contribution in [0.2, 0.25) is 0 Å². The Morgan fingerprint density at radius 3 is 2.29 bits per heavy atom. The van der Waals surface area contributed by atoms with E-state index in [4.69, 9.17) is 10.2 Å². The quantitative estimate of drug-likeness (QED) is 0.681. The van der Waals surface area contributed by atoms with Crippen molar-refractivity contribution in [1.29, 1.82) is 0 Å². The molecule has 0 radical (unpaired) electrons. The summed E-state index contributed by atoms with van der Waals surface area (Å²) >= 11 is 0. The van der Waals surface area contributed by atoms with E-state index >= 15 is 0 Å². The zero-order chi connectivity index (χ0) is 15.8. The first-order valence-corrected chi connectivity index (χ1v) is 7.87. The number of hydrogen-bond acceptors (Lipinski definition) is 3. The smallest absolute Gasteiger partial charge is 0.320 e. The second-order valence-electron chi connectivity index (χ2n) is 5.92. The van der Waals surface area contributed by atoms with E-state index in [1.807, 2.05) is 18.7 Å². The third kappa shape index (κ3) is 5.53. The Morgan fingerprint density at radius 2 is 1.86 bits per heavy atom. The Kier molecular flexibility index (Phi) is 7.50. The number of rotatable bonds is 9. The molecule has 1 saturated carbocycles. The number of amides is 2. The molecule has 0 spiro atoms. The Hall–Kier alpha value is -1.30. The Bertz CT molecular complexity index is 343. The van der Waals surface area contributed by atoms with E-state index in [1.165, 1.54) is 0 Å². The monoisotopic (exact) mass is 300 g/mol. The molecule has 2 amide bonds. The average molecular weight is 300 g/mol. The van der Waals surface area contributed by atoms with Crippen molar-refractivity contribution in [2.24, 2.45) is 0 Å². The SMILES string of the molecule is CC(C)N(CCCC(=O)O)C(=O)N(CCCO)C1CCC1. The normalized spacial score (nSPS) is 14.9. The van der Waals surface area contributed by atoms with Crippen molar-refractivity contribution in [3.63, 3.8) is 0 Å². The summed E-state index contributed by atoms with van der Waals surface area (Å²) in [5.41, 5.74) is 0. The predicted octanol–water partition coefficient (Wildman–Crippen LogP) is 1.92. The molecule has 6 heteroatoms. The lowest BCUT2D eigenvalue weighted by Crippen LogP contribution is -2.53. The van der Waals surface area contributed by atoms with Crippen LogP contribution in [0.25, 0.3) is 0 Å². The first-order valence-electron chi connectivity index (χ1n) is 7.87. The maximum Gasteiger partial charge on any atom is 0.320 e. The lowest BCUT2D eigenvalue weighted by atomic mass is 9.91. The number of aliphatic carboxylic acids is 1. The fourth-order valence-corrected chi connectivity index (χ4v) is 2.51. The summed E-state index contributed by atoms with van der Waals surface area (Å²) in [4.78, 5) is 27.0. The molecule has 0 atom stereocenters. The van der Waals surface area contributed by atoms with Crippen LogP contribution in [0, 0.1) is 0 Å². The second kappa shape index (κ2) is 8.87.